The van der Waals surface area contributed by atoms with E-state index in [1.165, 1.54) is 25.6 Å². The van der Waals surface area contributed by atoms with Crippen LogP contribution < -0.4 is 19.5 Å². The van der Waals surface area contributed by atoms with Crippen molar-refractivity contribution in [1.82, 2.24) is 14.8 Å². The molecule has 1 amide bonds. The Labute approximate surface area is 189 Å². The minimum absolute atomic E-state index is 0.339. The van der Waals surface area contributed by atoms with Gasteiger partial charge >= 0.3 is 0 Å². The fourth-order valence-electron chi connectivity index (χ4n) is 3.24. The number of aromatic nitrogens is 3. The van der Waals surface area contributed by atoms with Crippen molar-refractivity contribution in [2.75, 3.05) is 26.6 Å². The second-order valence-electron chi connectivity index (χ2n) is 6.82. The van der Waals surface area contributed by atoms with Gasteiger partial charge in [-0.25, -0.2) is 4.98 Å². The predicted octanol–water partition coefficient (Wildman–Crippen LogP) is 4.58. The van der Waals surface area contributed by atoms with Crippen LogP contribution in [0.3, 0.4) is 0 Å². The number of ether oxygens (including phenoxy) is 3. The van der Waals surface area contributed by atoms with Gasteiger partial charge in [-0.05, 0) is 43.3 Å². The van der Waals surface area contributed by atoms with Crippen LogP contribution in [-0.2, 0) is 0 Å². The van der Waals surface area contributed by atoms with E-state index < -0.39 is 0 Å². The topological polar surface area (TPSA) is 87.5 Å². The number of methoxy groups -OCH3 is 3. The average Bonchev–Trinajstić information content (AvgIpc) is 3.45. The van der Waals surface area contributed by atoms with Crippen LogP contribution in [0.2, 0.25) is 0 Å². The zero-order valence-corrected chi connectivity index (χ0v) is 18.9. The highest BCUT2D eigenvalue weighted by Gasteiger charge is 2.20. The second-order valence-corrected chi connectivity index (χ2v) is 7.66. The summed E-state index contributed by atoms with van der Waals surface area (Å²) >= 11 is 1.43. The van der Waals surface area contributed by atoms with Crippen LogP contribution in [0.15, 0.2) is 53.9 Å². The van der Waals surface area contributed by atoms with Gasteiger partial charge in [-0.1, -0.05) is 6.07 Å². The molecule has 8 nitrogen and oxygen atoms in total. The first-order chi connectivity index (χ1) is 15.5. The fourth-order valence-corrected chi connectivity index (χ4v) is 4.04. The number of amides is 1. The zero-order chi connectivity index (χ0) is 22.7. The quantitative estimate of drug-likeness (QED) is 0.443. The van der Waals surface area contributed by atoms with Gasteiger partial charge in [0.1, 0.15) is 11.6 Å². The molecule has 164 valence electrons. The average molecular weight is 451 g/mol. The molecule has 2 heterocycles. The highest BCUT2D eigenvalue weighted by atomic mass is 32.1. The van der Waals surface area contributed by atoms with Gasteiger partial charge < -0.3 is 19.5 Å². The van der Waals surface area contributed by atoms with Gasteiger partial charge in [0.25, 0.3) is 5.91 Å². The summed E-state index contributed by atoms with van der Waals surface area (Å²) in [4.78, 5) is 17.7. The third kappa shape index (κ3) is 4.15. The molecule has 1 N–H and O–H groups in total. The number of aryl methyl sites for hydroxylation is 1. The van der Waals surface area contributed by atoms with Gasteiger partial charge in [0, 0.05) is 17.0 Å². The fraction of sp³-hybridized carbons (Fsp3) is 0.174. The molecule has 4 aromatic rings. The highest BCUT2D eigenvalue weighted by molar-refractivity contribution is 7.12. The summed E-state index contributed by atoms with van der Waals surface area (Å²) in [7, 11) is 4.66. The summed E-state index contributed by atoms with van der Waals surface area (Å²) in [5.74, 6) is 1.80. The summed E-state index contributed by atoms with van der Waals surface area (Å²) in [6, 6.07) is 14.6. The molecular weight excluding hydrogens is 428 g/mol. The zero-order valence-electron chi connectivity index (χ0n) is 18.1. The molecule has 0 radical (unpaired) electrons. The molecule has 0 fully saturated rings. The van der Waals surface area contributed by atoms with Crippen molar-refractivity contribution >= 4 is 23.1 Å². The Morgan fingerprint density at radius 2 is 1.81 bits per heavy atom. The van der Waals surface area contributed by atoms with E-state index in [1.807, 2.05) is 36.6 Å². The molecule has 0 aliphatic rings. The van der Waals surface area contributed by atoms with Gasteiger partial charge in [-0.15, -0.1) is 11.3 Å². The van der Waals surface area contributed by atoms with Crippen molar-refractivity contribution in [3.63, 3.8) is 0 Å². The van der Waals surface area contributed by atoms with Gasteiger partial charge in [0.15, 0.2) is 11.5 Å². The molecule has 0 saturated heterocycles. The number of nitrogens with zero attached hydrogens (tertiary/aromatic N) is 3. The number of benzene rings is 2. The third-order valence-electron chi connectivity index (χ3n) is 4.78. The molecule has 32 heavy (non-hydrogen) atoms. The van der Waals surface area contributed by atoms with Crippen LogP contribution in [0.1, 0.15) is 16.1 Å². The number of hydrogen-bond acceptors (Lipinski definition) is 7. The number of nitrogens with one attached hydrogen (secondary N) is 1. The van der Waals surface area contributed by atoms with Crippen LogP contribution in [-0.4, -0.2) is 42.0 Å². The van der Waals surface area contributed by atoms with E-state index in [1.54, 1.807) is 36.1 Å². The lowest BCUT2D eigenvalue weighted by Crippen LogP contribution is -2.16. The van der Waals surface area contributed by atoms with Crippen molar-refractivity contribution in [3.8, 4) is 33.6 Å². The molecule has 4 rings (SSSR count). The smallest absolute Gasteiger partial charge is 0.260 e. The molecule has 2 aromatic heterocycles. The maximum absolute atomic E-state index is 13.0. The standard InChI is InChI=1S/C23H22N4O4S/c1-14-12-20(25-22(28)17-6-5-7-19(30-3)21(17)31-4)27(26-14)23-24-18(13-32-23)15-8-10-16(29-2)11-9-15/h5-13H,1-4H3,(H,25,28). The monoisotopic (exact) mass is 450 g/mol. The van der Waals surface area contributed by atoms with Crippen LogP contribution in [0.25, 0.3) is 16.4 Å². The Morgan fingerprint density at radius 3 is 2.50 bits per heavy atom. The first-order valence-corrected chi connectivity index (χ1v) is 10.6. The summed E-state index contributed by atoms with van der Waals surface area (Å²) < 4.78 is 17.5. The van der Waals surface area contributed by atoms with E-state index in [2.05, 4.69) is 10.4 Å². The number of para-hydroxylation sites is 1. The van der Waals surface area contributed by atoms with Crippen LogP contribution in [0.4, 0.5) is 5.82 Å². The van der Waals surface area contributed by atoms with E-state index in [0.717, 1.165) is 22.7 Å². The number of rotatable bonds is 7. The summed E-state index contributed by atoms with van der Waals surface area (Å²) in [5.41, 5.74) is 2.88. The van der Waals surface area contributed by atoms with E-state index >= 15 is 0 Å². The van der Waals surface area contributed by atoms with Gasteiger partial charge in [0.2, 0.25) is 5.13 Å². The number of carbonyl (C=O) groups excluding carboxylic acids is 1. The summed E-state index contributed by atoms with van der Waals surface area (Å²) in [6.07, 6.45) is 0. The molecule has 2 aromatic carbocycles. The molecule has 0 aliphatic carbocycles. The summed E-state index contributed by atoms with van der Waals surface area (Å²) in [6.45, 7) is 1.86. The minimum Gasteiger partial charge on any atom is -0.497 e. The van der Waals surface area contributed by atoms with Crippen molar-refractivity contribution in [2.45, 2.75) is 6.92 Å². The van der Waals surface area contributed by atoms with E-state index in [-0.39, 0.29) is 5.91 Å². The maximum atomic E-state index is 13.0. The lowest BCUT2D eigenvalue weighted by Gasteiger charge is -2.12. The molecule has 0 spiro atoms. The minimum atomic E-state index is -0.339. The second kappa shape index (κ2) is 9.11. The van der Waals surface area contributed by atoms with Gasteiger partial charge in [-0.2, -0.15) is 9.78 Å². The molecule has 9 heteroatoms. The Kier molecular flexibility index (Phi) is 6.09. The van der Waals surface area contributed by atoms with Crippen LogP contribution in [0.5, 0.6) is 17.2 Å². The maximum Gasteiger partial charge on any atom is 0.260 e. The van der Waals surface area contributed by atoms with Crippen molar-refractivity contribution in [3.05, 3.63) is 65.2 Å². The first kappa shape index (κ1) is 21.4. The number of hydrogen-bond donors (Lipinski definition) is 1. The number of thiazole rings is 1. The predicted molar refractivity (Wildman–Crippen MR) is 123 cm³/mol. The molecule has 0 saturated carbocycles. The van der Waals surface area contributed by atoms with E-state index in [9.17, 15) is 4.79 Å². The van der Waals surface area contributed by atoms with Crippen molar-refractivity contribution in [1.29, 1.82) is 0 Å². The van der Waals surface area contributed by atoms with Crippen LogP contribution >= 0.6 is 11.3 Å². The Bertz CT molecular complexity index is 1250. The SMILES string of the molecule is COc1ccc(-c2csc(-n3nc(C)cc3NC(=O)c3cccc(OC)c3OC)n2)cc1. The lowest BCUT2D eigenvalue weighted by molar-refractivity contribution is 0.102. The van der Waals surface area contributed by atoms with Gasteiger partial charge in [-0.3, -0.25) is 4.79 Å². The molecule has 0 aliphatic heterocycles. The van der Waals surface area contributed by atoms with E-state index in [4.69, 9.17) is 19.2 Å². The number of carbonyl (C=O) groups is 1. The molecule has 0 atom stereocenters. The Balaban J connectivity index is 1.63. The van der Waals surface area contributed by atoms with Crippen molar-refractivity contribution in [2.24, 2.45) is 0 Å². The first-order valence-electron chi connectivity index (χ1n) is 9.73. The molecular formula is C23H22N4O4S. The lowest BCUT2D eigenvalue weighted by atomic mass is 10.1. The molecule has 0 unspecified atom stereocenters. The van der Waals surface area contributed by atoms with Gasteiger partial charge in [0.05, 0.1) is 38.3 Å². The van der Waals surface area contributed by atoms with Crippen LogP contribution in [0, 0.1) is 6.92 Å². The largest absolute Gasteiger partial charge is 0.497 e. The van der Waals surface area contributed by atoms with Crippen molar-refractivity contribution < 1.29 is 19.0 Å². The van der Waals surface area contributed by atoms with E-state index in [0.29, 0.717) is 28.0 Å². The number of anilines is 1. The third-order valence-corrected chi connectivity index (χ3v) is 5.60. The Morgan fingerprint density at radius 1 is 1.03 bits per heavy atom. The highest BCUT2D eigenvalue weighted by Crippen LogP contribution is 2.32. The Hall–Kier alpha value is -3.85. The summed E-state index contributed by atoms with van der Waals surface area (Å²) in [5, 5.41) is 10.0. The normalized spacial score (nSPS) is 10.6. The molecule has 0 bridgehead atoms.